The van der Waals surface area contributed by atoms with Gasteiger partial charge in [0.1, 0.15) is 5.82 Å². The molecule has 0 spiro atoms. The van der Waals surface area contributed by atoms with Crippen molar-refractivity contribution in [1.29, 1.82) is 0 Å². The van der Waals surface area contributed by atoms with Gasteiger partial charge in [-0.05, 0) is 6.92 Å². The summed E-state index contributed by atoms with van der Waals surface area (Å²) in [6.07, 6.45) is 1.63. The van der Waals surface area contributed by atoms with Crippen LogP contribution in [0, 0.1) is 6.92 Å². The molecule has 1 heterocycles. The minimum Gasteiger partial charge on any atom is -0.383 e. The van der Waals surface area contributed by atoms with Gasteiger partial charge in [-0.1, -0.05) is 0 Å². The van der Waals surface area contributed by atoms with Gasteiger partial charge in [-0.2, -0.15) is 4.98 Å². The van der Waals surface area contributed by atoms with E-state index in [1.54, 1.807) is 13.3 Å². The number of H-pyrrole nitrogens is 1. The third-order valence-electron chi connectivity index (χ3n) is 1.60. The molecule has 72 valence electrons. The van der Waals surface area contributed by atoms with Crippen LogP contribution in [0.2, 0.25) is 0 Å². The maximum Gasteiger partial charge on any atom is 0.346 e. The zero-order valence-electron chi connectivity index (χ0n) is 7.76. The molecule has 0 fully saturated rings. The summed E-state index contributed by atoms with van der Waals surface area (Å²) in [5.41, 5.74) is 0.571. The third-order valence-corrected chi connectivity index (χ3v) is 1.60. The Labute approximate surface area is 76.2 Å². The average molecular weight is 183 g/mol. The summed E-state index contributed by atoms with van der Waals surface area (Å²) < 4.78 is 4.86. The lowest BCUT2D eigenvalue weighted by Gasteiger charge is -2.05. The largest absolute Gasteiger partial charge is 0.383 e. The van der Waals surface area contributed by atoms with Crippen LogP contribution < -0.4 is 11.0 Å². The minimum atomic E-state index is -0.342. The maximum atomic E-state index is 10.8. The van der Waals surface area contributed by atoms with Crippen molar-refractivity contribution in [2.45, 2.75) is 6.92 Å². The third kappa shape index (κ3) is 2.87. The summed E-state index contributed by atoms with van der Waals surface area (Å²) >= 11 is 0. The standard InChI is InChI=1S/C8H13N3O2/c1-6-5-10-8(12)11-7(6)9-3-4-13-2/h5H,3-4H2,1-2H3,(H2,9,10,11,12). The molecule has 0 aliphatic carbocycles. The molecular formula is C8H13N3O2. The first-order valence-electron chi connectivity index (χ1n) is 4.03. The van der Waals surface area contributed by atoms with Gasteiger partial charge in [0.15, 0.2) is 0 Å². The van der Waals surface area contributed by atoms with Crippen LogP contribution in [0.3, 0.4) is 0 Å². The topological polar surface area (TPSA) is 67.0 Å². The van der Waals surface area contributed by atoms with E-state index >= 15 is 0 Å². The summed E-state index contributed by atoms with van der Waals surface area (Å²) in [5, 5.41) is 3.00. The molecule has 1 aromatic heterocycles. The first kappa shape index (κ1) is 9.73. The Kier molecular flexibility index (Phi) is 3.45. The Morgan fingerprint density at radius 2 is 2.46 bits per heavy atom. The molecule has 0 amide bonds. The van der Waals surface area contributed by atoms with E-state index in [1.807, 2.05) is 6.92 Å². The number of ether oxygens (including phenoxy) is 1. The van der Waals surface area contributed by atoms with Crippen molar-refractivity contribution in [3.8, 4) is 0 Å². The number of nitrogens with one attached hydrogen (secondary N) is 2. The second kappa shape index (κ2) is 4.61. The molecule has 0 bridgehead atoms. The van der Waals surface area contributed by atoms with Crippen LogP contribution in [0.15, 0.2) is 11.0 Å². The van der Waals surface area contributed by atoms with Crippen LogP contribution >= 0.6 is 0 Å². The molecule has 0 aromatic carbocycles. The van der Waals surface area contributed by atoms with E-state index in [9.17, 15) is 4.79 Å². The average Bonchev–Trinajstić information content (AvgIpc) is 2.11. The van der Waals surface area contributed by atoms with Crippen molar-refractivity contribution in [2.24, 2.45) is 0 Å². The smallest absolute Gasteiger partial charge is 0.346 e. The summed E-state index contributed by atoms with van der Waals surface area (Å²) in [4.78, 5) is 17.1. The number of rotatable bonds is 4. The van der Waals surface area contributed by atoms with Gasteiger partial charge in [-0.15, -0.1) is 0 Å². The number of hydrogen-bond acceptors (Lipinski definition) is 4. The van der Waals surface area contributed by atoms with Crippen molar-refractivity contribution >= 4 is 5.82 Å². The van der Waals surface area contributed by atoms with E-state index in [2.05, 4.69) is 15.3 Å². The number of aromatic amines is 1. The fourth-order valence-corrected chi connectivity index (χ4v) is 0.911. The van der Waals surface area contributed by atoms with Gasteiger partial charge in [0.25, 0.3) is 0 Å². The van der Waals surface area contributed by atoms with Crippen LogP contribution in [0.4, 0.5) is 5.82 Å². The number of aryl methyl sites for hydroxylation is 1. The van der Waals surface area contributed by atoms with Gasteiger partial charge in [0.05, 0.1) is 6.61 Å². The predicted octanol–water partition coefficient (Wildman–Crippen LogP) is 0.137. The van der Waals surface area contributed by atoms with Crippen molar-refractivity contribution < 1.29 is 4.74 Å². The van der Waals surface area contributed by atoms with Crippen LogP contribution in [0.25, 0.3) is 0 Å². The quantitative estimate of drug-likeness (QED) is 0.651. The molecule has 0 aliphatic heterocycles. The number of hydrogen-bond donors (Lipinski definition) is 2. The Morgan fingerprint density at radius 1 is 1.69 bits per heavy atom. The minimum absolute atomic E-state index is 0.342. The van der Waals surface area contributed by atoms with Crippen molar-refractivity contribution in [2.75, 3.05) is 25.6 Å². The van der Waals surface area contributed by atoms with E-state index in [4.69, 9.17) is 4.74 Å². The summed E-state index contributed by atoms with van der Waals surface area (Å²) in [6.45, 7) is 3.11. The van der Waals surface area contributed by atoms with Crippen molar-refractivity contribution in [3.63, 3.8) is 0 Å². The molecule has 0 unspecified atom stereocenters. The Bertz CT molecular complexity index is 321. The molecule has 1 rings (SSSR count). The first-order valence-corrected chi connectivity index (χ1v) is 4.03. The highest BCUT2D eigenvalue weighted by atomic mass is 16.5. The molecule has 1 aromatic rings. The van der Waals surface area contributed by atoms with Crippen molar-refractivity contribution in [3.05, 3.63) is 22.2 Å². The molecule has 5 nitrogen and oxygen atoms in total. The highest BCUT2D eigenvalue weighted by Crippen LogP contribution is 2.04. The van der Waals surface area contributed by atoms with Gasteiger partial charge >= 0.3 is 5.69 Å². The van der Waals surface area contributed by atoms with Crippen molar-refractivity contribution in [1.82, 2.24) is 9.97 Å². The Hall–Kier alpha value is -1.36. The van der Waals surface area contributed by atoms with Gasteiger partial charge < -0.3 is 15.0 Å². The summed E-state index contributed by atoms with van der Waals surface area (Å²) in [7, 11) is 1.62. The van der Waals surface area contributed by atoms with E-state index in [0.29, 0.717) is 19.0 Å². The van der Waals surface area contributed by atoms with Crippen LogP contribution in [-0.4, -0.2) is 30.2 Å². The monoisotopic (exact) mass is 183 g/mol. The highest BCUT2D eigenvalue weighted by Gasteiger charge is 1.98. The molecule has 2 N–H and O–H groups in total. The van der Waals surface area contributed by atoms with E-state index in [1.165, 1.54) is 0 Å². The lowest BCUT2D eigenvalue weighted by molar-refractivity contribution is 0.210. The number of nitrogens with zero attached hydrogens (tertiary/aromatic N) is 1. The number of aromatic nitrogens is 2. The van der Waals surface area contributed by atoms with E-state index < -0.39 is 0 Å². The normalized spacial score (nSPS) is 10.0. The molecule has 0 aliphatic rings. The van der Waals surface area contributed by atoms with Gasteiger partial charge in [0, 0.05) is 25.4 Å². The fraction of sp³-hybridized carbons (Fsp3) is 0.500. The predicted molar refractivity (Wildman–Crippen MR) is 50.0 cm³/mol. The maximum absolute atomic E-state index is 10.8. The lowest BCUT2D eigenvalue weighted by Crippen LogP contribution is -2.16. The lowest BCUT2D eigenvalue weighted by atomic mass is 10.3. The number of methoxy groups -OCH3 is 1. The zero-order valence-corrected chi connectivity index (χ0v) is 7.76. The van der Waals surface area contributed by atoms with E-state index in [-0.39, 0.29) is 5.69 Å². The first-order chi connectivity index (χ1) is 6.24. The van der Waals surface area contributed by atoms with Gasteiger partial charge in [-0.25, -0.2) is 4.79 Å². The van der Waals surface area contributed by atoms with Gasteiger partial charge in [0.2, 0.25) is 0 Å². The van der Waals surface area contributed by atoms with E-state index in [0.717, 1.165) is 5.56 Å². The van der Waals surface area contributed by atoms with Gasteiger partial charge in [-0.3, -0.25) is 0 Å². The molecule has 5 heteroatoms. The fourth-order valence-electron chi connectivity index (χ4n) is 0.911. The SMILES string of the molecule is COCCNc1nc(=O)[nH]cc1C. The second-order valence-corrected chi connectivity index (χ2v) is 2.66. The Balaban J connectivity index is 2.64. The summed E-state index contributed by atoms with van der Waals surface area (Å²) in [5.74, 6) is 0.612. The molecule has 0 radical (unpaired) electrons. The van der Waals surface area contributed by atoms with Crippen LogP contribution in [0.1, 0.15) is 5.56 Å². The van der Waals surface area contributed by atoms with Crippen LogP contribution in [-0.2, 0) is 4.74 Å². The molecule has 0 atom stereocenters. The Morgan fingerprint density at radius 3 is 3.15 bits per heavy atom. The highest BCUT2D eigenvalue weighted by molar-refractivity contribution is 5.40. The second-order valence-electron chi connectivity index (χ2n) is 2.66. The summed E-state index contributed by atoms with van der Waals surface area (Å²) in [6, 6.07) is 0. The number of anilines is 1. The molecule has 0 saturated heterocycles. The van der Waals surface area contributed by atoms with Crippen LogP contribution in [0.5, 0.6) is 0 Å². The molecule has 0 saturated carbocycles. The molecular weight excluding hydrogens is 170 g/mol. The molecule has 13 heavy (non-hydrogen) atoms. The zero-order chi connectivity index (χ0) is 9.68.